The molecule has 0 fully saturated rings. The van der Waals surface area contributed by atoms with Gasteiger partial charge in [-0.05, 0) is 90.0 Å². The predicted molar refractivity (Wildman–Crippen MR) is 249 cm³/mol. The first kappa shape index (κ1) is 35.0. The van der Waals surface area contributed by atoms with Crippen LogP contribution in [0.5, 0.6) is 0 Å². The van der Waals surface area contributed by atoms with Crippen LogP contribution in [0.25, 0.3) is 89.8 Å². The van der Waals surface area contributed by atoms with E-state index in [-0.39, 0.29) is 5.41 Å². The minimum absolute atomic E-state index is 0.372. The Labute approximate surface area is 355 Å². The molecule has 1 aromatic heterocycles. The van der Waals surface area contributed by atoms with Crippen molar-refractivity contribution in [3.05, 3.63) is 247 Å². The van der Waals surface area contributed by atoms with Crippen molar-refractivity contribution in [3.63, 3.8) is 0 Å². The Morgan fingerprint density at radius 2 is 0.525 bits per heavy atom. The van der Waals surface area contributed by atoms with E-state index in [0.29, 0.717) is 17.5 Å². The van der Waals surface area contributed by atoms with E-state index in [1.807, 2.05) is 36.4 Å². The first-order valence-electron chi connectivity index (χ1n) is 20.8. The van der Waals surface area contributed by atoms with Crippen LogP contribution in [0.1, 0.15) is 22.3 Å². The van der Waals surface area contributed by atoms with Gasteiger partial charge in [0.2, 0.25) is 0 Å². The summed E-state index contributed by atoms with van der Waals surface area (Å²) in [6.45, 7) is 0. The van der Waals surface area contributed by atoms with Gasteiger partial charge < -0.3 is 0 Å². The van der Waals surface area contributed by atoms with Gasteiger partial charge in [0.1, 0.15) is 0 Å². The highest BCUT2D eigenvalue weighted by Gasteiger charge is 2.51. The molecule has 1 heterocycles. The van der Waals surface area contributed by atoms with Crippen LogP contribution in [-0.2, 0) is 5.41 Å². The minimum Gasteiger partial charge on any atom is -0.208 e. The molecular formula is C58H37N3. The normalized spacial score (nSPS) is 12.7. The van der Waals surface area contributed by atoms with Gasteiger partial charge in [0.05, 0.1) is 5.41 Å². The van der Waals surface area contributed by atoms with Crippen LogP contribution in [0.15, 0.2) is 224 Å². The molecule has 2 aliphatic carbocycles. The van der Waals surface area contributed by atoms with E-state index in [2.05, 4.69) is 188 Å². The smallest absolute Gasteiger partial charge is 0.164 e. The summed E-state index contributed by atoms with van der Waals surface area (Å²) in [4.78, 5) is 15.0. The largest absolute Gasteiger partial charge is 0.208 e. The van der Waals surface area contributed by atoms with Gasteiger partial charge in [0.15, 0.2) is 17.5 Å². The maximum atomic E-state index is 5.04. The van der Waals surface area contributed by atoms with E-state index in [0.717, 1.165) is 33.4 Å². The summed E-state index contributed by atoms with van der Waals surface area (Å²) in [5.74, 6) is 1.93. The second-order valence-corrected chi connectivity index (χ2v) is 15.9. The lowest BCUT2D eigenvalue weighted by molar-refractivity contribution is 0.794. The minimum atomic E-state index is -0.372. The third-order valence-electron chi connectivity index (χ3n) is 12.6. The Morgan fingerprint density at radius 1 is 0.213 bits per heavy atom. The zero-order valence-corrected chi connectivity index (χ0v) is 33.2. The summed E-state index contributed by atoms with van der Waals surface area (Å²) in [5, 5.41) is 0. The molecule has 0 atom stereocenters. The molecule has 10 aromatic rings. The molecule has 0 amide bonds. The van der Waals surface area contributed by atoms with Gasteiger partial charge in [-0.25, -0.2) is 15.0 Å². The lowest BCUT2D eigenvalue weighted by Crippen LogP contribution is -2.25. The van der Waals surface area contributed by atoms with Crippen LogP contribution in [0, 0.1) is 0 Å². The van der Waals surface area contributed by atoms with Crippen LogP contribution in [0.4, 0.5) is 0 Å². The summed E-state index contributed by atoms with van der Waals surface area (Å²) < 4.78 is 0. The summed E-state index contributed by atoms with van der Waals surface area (Å²) in [6.07, 6.45) is 0. The molecule has 2 aliphatic rings. The van der Waals surface area contributed by atoms with Crippen LogP contribution < -0.4 is 0 Å². The third-order valence-corrected chi connectivity index (χ3v) is 12.6. The Balaban J connectivity index is 0.907. The summed E-state index contributed by atoms with van der Waals surface area (Å²) >= 11 is 0. The van der Waals surface area contributed by atoms with E-state index in [4.69, 9.17) is 15.0 Å². The number of nitrogens with zero attached hydrogens (tertiary/aromatic N) is 3. The number of aromatic nitrogens is 3. The molecular weight excluding hydrogens is 739 g/mol. The van der Waals surface area contributed by atoms with Crippen LogP contribution in [-0.4, -0.2) is 15.0 Å². The number of hydrogen-bond donors (Lipinski definition) is 0. The molecule has 61 heavy (non-hydrogen) atoms. The molecule has 0 bridgehead atoms. The van der Waals surface area contributed by atoms with Crippen molar-refractivity contribution in [2.75, 3.05) is 0 Å². The first-order chi connectivity index (χ1) is 30.2. The van der Waals surface area contributed by atoms with E-state index < -0.39 is 0 Å². The van der Waals surface area contributed by atoms with E-state index in [9.17, 15) is 0 Å². The SMILES string of the molecule is c1ccc(-c2ccc(-c3nc(-c4ccccc4)nc(-c4ccc(-c5cccc(-c6ccc7c(c6)C6(c8ccccc8-c8ccccc86)c6ccccc6-7)c5)cc4)n3)cc2)cc1. The van der Waals surface area contributed by atoms with Crippen molar-refractivity contribution in [2.24, 2.45) is 0 Å². The molecule has 0 saturated carbocycles. The Morgan fingerprint density at radius 3 is 1.03 bits per heavy atom. The van der Waals surface area contributed by atoms with Crippen molar-refractivity contribution in [2.45, 2.75) is 5.41 Å². The van der Waals surface area contributed by atoms with Gasteiger partial charge in [-0.1, -0.05) is 212 Å². The highest BCUT2D eigenvalue weighted by atomic mass is 15.0. The molecule has 9 aromatic carbocycles. The fourth-order valence-electron chi connectivity index (χ4n) is 9.76. The van der Waals surface area contributed by atoms with E-state index >= 15 is 0 Å². The van der Waals surface area contributed by atoms with Crippen molar-refractivity contribution in [1.82, 2.24) is 15.0 Å². The van der Waals surface area contributed by atoms with E-state index in [1.54, 1.807) is 0 Å². The molecule has 0 unspecified atom stereocenters. The third kappa shape index (κ3) is 5.62. The molecule has 0 N–H and O–H groups in total. The Bertz CT molecular complexity index is 3220. The fourth-order valence-corrected chi connectivity index (χ4v) is 9.76. The zero-order valence-electron chi connectivity index (χ0n) is 33.2. The van der Waals surface area contributed by atoms with Crippen molar-refractivity contribution < 1.29 is 0 Å². The average molecular weight is 776 g/mol. The molecule has 0 saturated heterocycles. The van der Waals surface area contributed by atoms with Crippen LogP contribution >= 0.6 is 0 Å². The monoisotopic (exact) mass is 775 g/mol. The van der Waals surface area contributed by atoms with Gasteiger partial charge in [-0.3, -0.25) is 0 Å². The van der Waals surface area contributed by atoms with Crippen LogP contribution in [0.3, 0.4) is 0 Å². The van der Waals surface area contributed by atoms with Crippen molar-refractivity contribution >= 4 is 0 Å². The van der Waals surface area contributed by atoms with Gasteiger partial charge in [0.25, 0.3) is 0 Å². The molecule has 12 rings (SSSR count). The van der Waals surface area contributed by atoms with Gasteiger partial charge in [-0.15, -0.1) is 0 Å². The quantitative estimate of drug-likeness (QED) is 0.169. The number of fused-ring (bicyclic) bond motifs is 10. The molecule has 3 heteroatoms. The highest BCUT2D eigenvalue weighted by Crippen LogP contribution is 2.63. The standard InChI is InChI=1S/C58H37N3/c1-3-14-38(15-4-1)39-26-30-42(31-27-39)56-59-55(41-16-5-2-6-17-41)60-57(61-56)43-32-28-40(29-33-43)44-18-13-19-45(36-44)46-34-35-50-49-22-9-12-25-53(49)58(54(50)37-46)51-23-10-7-20-47(51)48-21-8-11-24-52(48)58/h1-37H. The van der Waals surface area contributed by atoms with E-state index in [1.165, 1.54) is 61.2 Å². The Kier molecular flexibility index (Phi) is 8.07. The molecule has 1 spiro atoms. The molecule has 0 aliphatic heterocycles. The maximum Gasteiger partial charge on any atom is 0.164 e. The average Bonchev–Trinajstić information content (AvgIpc) is 3.82. The van der Waals surface area contributed by atoms with Gasteiger partial charge in [-0.2, -0.15) is 0 Å². The second kappa shape index (κ2) is 14.1. The predicted octanol–water partition coefficient (Wildman–Crippen LogP) is 14.2. The lowest BCUT2D eigenvalue weighted by atomic mass is 9.70. The highest BCUT2D eigenvalue weighted by molar-refractivity contribution is 5.96. The van der Waals surface area contributed by atoms with Crippen molar-refractivity contribution in [1.29, 1.82) is 0 Å². The maximum absolute atomic E-state index is 5.04. The summed E-state index contributed by atoms with van der Waals surface area (Å²) in [7, 11) is 0. The molecule has 284 valence electrons. The summed E-state index contributed by atoms with van der Waals surface area (Å²) in [5.41, 5.74) is 20.1. The lowest BCUT2D eigenvalue weighted by Gasteiger charge is -2.30. The zero-order chi connectivity index (χ0) is 40.3. The fraction of sp³-hybridized carbons (Fsp3) is 0.0172. The number of hydrogen-bond acceptors (Lipinski definition) is 3. The van der Waals surface area contributed by atoms with Gasteiger partial charge in [0, 0.05) is 16.7 Å². The van der Waals surface area contributed by atoms with Crippen molar-refractivity contribution in [3.8, 4) is 89.8 Å². The van der Waals surface area contributed by atoms with Gasteiger partial charge >= 0.3 is 0 Å². The van der Waals surface area contributed by atoms with Crippen LogP contribution in [0.2, 0.25) is 0 Å². The number of benzene rings is 9. The summed E-state index contributed by atoms with van der Waals surface area (Å²) in [6, 6.07) is 80.5. The molecule has 0 radical (unpaired) electrons. The Hall–Kier alpha value is -8.01. The number of rotatable bonds is 6. The topological polar surface area (TPSA) is 38.7 Å². The second-order valence-electron chi connectivity index (χ2n) is 15.9. The molecule has 3 nitrogen and oxygen atoms in total. The first-order valence-corrected chi connectivity index (χ1v) is 20.8.